The molecular weight excluding hydrogens is 232 g/mol. The van der Waals surface area contributed by atoms with Gasteiger partial charge in [-0.15, -0.1) is 0 Å². The van der Waals surface area contributed by atoms with Crippen LogP contribution in [0.15, 0.2) is 29.0 Å². The van der Waals surface area contributed by atoms with Gasteiger partial charge in [-0.3, -0.25) is 0 Å². The predicted molar refractivity (Wildman–Crippen MR) is 53.5 cm³/mol. The molecule has 0 bridgehead atoms. The molecule has 1 N–H and O–H groups in total. The molecular formula is C9H9BrN2O. The third-order valence-electron chi connectivity index (χ3n) is 1.96. The summed E-state index contributed by atoms with van der Waals surface area (Å²) in [6.07, 6.45) is 3.06. The van der Waals surface area contributed by atoms with E-state index in [0.29, 0.717) is 0 Å². The number of fused-ring (bicyclic) bond motifs is 1. The monoisotopic (exact) mass is 240 g/mol. The predicted octanol–water partition coefficient (Wildman–Crippen LogP) is 2.15. The fraction of sp³-hybridized carbons (Fsp3) is 0.222. The number of nitrogens with zero attached hydrogens (tertiary/aromatic N) is 2. The number of hydrogen-bond donors (Lipinski definition) is 1. The van der Waals surface area contributed by atoms with E-state index in [0.717, 1.165) is 15.6 Å². The fourth-order valence-electron chi connectivity index (χ4n) is 1.30. The van der Waals surface area contributed by atoms with Crippen molar-refractivity contribution >= 4 is 21.4 Å². The van der Waals surface area contributed by atoms with Gasteiger partial charge < -0.3 is 5.11 Å². The van der Waals surface area contributed by atoms with Crippen LogP contribution in [0.4, 0.5) is 0 Å². The van der Waals surface area contributed by atoms with Crippen molar-refractivity contribution in [1.82, 2.24) is 9.61 Å². The van der Waals surface area contributed by atoms with Crippen LogP contribution in [0.1, 0.15) is 18.6 Å². The van der Waals surface area contributed by atoms with Crippen LogP contribution in [0.5, 0.6) is 0 Å². The highest BCUT2D eigenvalue weighted by molar-refractivity contribution is 9.10. The Hall–Kier alpha value is -0.870. The van der Waals surface area contributed by atoms with E-state index in [1.54, 1.807) is 17.6 Å². The molecule has 0 saturated heterocycles. The number of halogens is 1. The zero-order valence-corrected chi connectivity index (χ0v) is 8.69. The summed E-state index contributed by atoms with van der Waals surface area (Å²) in [5.41, 5.74) is 1.78. The maximum atomic E-state index is 9.43. The van der Waals surface area contributed by atoms with E-state index in [1.807, 2.05) is 18.3 Å². The summed E-state index contributed by atoms with van der Waals surface area (Å²) in [5, 5.41) is 13.5. The summed E-state index contributed by atoms with van der Waals surface area (Å²) < 4.78 is 2.73. The number of aliphatic hydroxyl groups excluding tert-OH is 1. The van der Waals surface area contributed by atoms with Crippen LogP contribution in [0.2, 0.25) is 0 Å². The lowest BCUT2D eigenvalue weighted by atomic mass is 10.2. The Balaban J connectivity index is 2.71. The van der Waals surface area contributed by atoms with Crippen molar-refractivity contribution in [2.45, 2.75) is 13.0 Å². The fourth-order valence-corrected chi connectivity index (χ4v) is 1.63. The highest BCUT2D eigenvalue weighted by atomic mass is 79.9. The van der Waals surface area contributed by atoms with Crippen molar-refractivity contribution in [3.8, 4) is 0 Å². The average molecular weight is 241 g/mol. The molecule has 2 rings (SSSR count). The van der Waals surface area contributed by atoms with Gasteiger partial charge in [-0.2, -0.15) is 5.10 Å². The van der Waals surface area contributed by atoms with E-state index >= 15 is 0 Å². The van der Waals surface area contributed by atoms with Crippen LogP contribution in [0.25, 0.3) is 5.52 Å². The van der Waals surface area contributed by atoms with E-state index in [1.165, 1.54) is 0 Å². The largest absolute Gasteiger partial charge is 0.389 e. The van der Waals surface area contributed by atoms with Gasteiger partial charge in [0.2, 0.25) is 0 Å². The number of aromatic nitrogens is 2. The van der Waals surface area contributed by atoms with E-state index in [9.17, 15) is 5.11 Å². The van der Waals surface area contributed by atoms with Gasteiger partial charge in [-0.05, 0) is 19.1 Å². The number of hydrogen-bond acceptors (Lipinski definition) is 2. The lowest BCUT2D eigenvalue weighted by Crippen LogP contribution is -1.90. The third kappa shape index (κ3) is 1.47. The first-order chi connectivity index (χ1) is 6.18. The van der Waals surface area contributed by atoms with Crippen molar-refractivity contribution in [2.24, 2.45) is 0 Å². The molecule has 2 heterocycles. The first-order valence-corrected chi connectivity index (χ1v) is 4.78. The van der Waals surface area contributed by atoms with E-state index in [4.69, 9.17) is 0 Å². The molecule has 3 nitrogen and oxygen atoms in total. The average Bonchev–Trinajstić information content (AvgIpc) is 2.46. The van der Waals surface area contributed by atoms with Crippen molar-refractivity contribution in [3.05, 3.63) is 34.6 Å². The van der Waals surface area contributed by atoms with Crippen molar-refractivity contribution in [3.63, 3.8) is 0 Å². The molecule has 1 atom stereocenters. The molecule has 1 unspecified atom stereocenters. The molecule has 2 aromatic heterocycles. The van der Waals surface area contributed by atoms with Crippen molar-refractivity contribution in [2.75, 3.05) is 0 Å². The van der Waals surface area contributed by atoms with Crippen molar-refractivity contribution < 1.29 is 5.11 Å². The van der Waals surface area contributed by atoms with Gasteiger partial charge >= 0.3 is 0 Å². The second-order valence-electron chi connectivity index (χ2n) is 2.95. The van der Waals surface area contributed by atoms with Crippen LogP contribution in [-0.2, 0) is 0 Å². The minimum Gasteiger partial charge on any atom is -0.389 e. The topological polar surface area (TPSA) is 37.5 Å². The molecule has 2 aromatic rings. The lowest BCUT2D eigenvalue weighted by Gasteiger charge is -2.01. The van der Waals surface area contributed by atoms with Gasteiger partial charge in [0.05, 0.1) is 17.8 Å². The Kier molecular flexibility index (Phi) is 2.09. The molecule has 0 amide bonds. The number of pyridine rings is 1. The van der Waals surface area contributed by atoms with Crippen molar-refractivity contribution in [1.29, 1.82) is 0 Å². The van der Waals surface area contributed by atoms with Gasteiger partial charge in [0.25, 0.3) is 0 Å². The SMILES string of the molecule is CC(O)c1cnn2ccc(Br)cc12. The Bertz CT molecular complexity index is 436. The normalized spacial score (nSPS) is 13.5. The molecule has 13 heavy (non-hydrogen) atoms. The summed E-state index contributed by atoms with van der Waals surface area (Å²) in [6, 6.07) is 3.85. The second-order valence-corrected chi connectivity index (χ2v) is 3.87. The minimum atomic E-state index is -0.480. The number of rotatable bonds is 1. The Morgan fingerprint density at radius 3 is 3.08 bits per heavy atom. The highest BCUT2D eigenvalue weighted by Crippen LogP contribution is 2.21. The van der Waals surface area contributed by atoms with Gasteiger partial charge in [-0.25, -0.2) is 4.52 Å². The molecule has 0 aliphatic heterocycles. The van der Waals surface area contributed by atoms with E-state index < -0.39 is 6.10 Å². The molecule has 0 aliphatic carbocycles. The molecule has 4 heteroatoms. The maximum Gasteiger partial charge on any atom is 0.0798 e. The minimum absolute atomic E-state index is 0.480. The summed E-state index contributed by atoms with van der Waals surface area (Å²) in [7, 11) is 0. The Labute approximate surface area is 84.1 Å². The van der Waals surface area contributed by atoms with Gasteiger partial charge in [-0.1, -0.05) is 15.9 Å². The first-order valence-electron chi connectivity index (χ1n) is 3.99. The second kappa shape index (κ2) is 3.12. The van der Waals surface area contributed by atoms with Crippen LogP contribution in [0, 0.1) is 0 Å². The lowest BCUT2D eigenvalue weighted by molar-refractivity contribution is 0.201. The zero-order valence-electron chi connectivity index (χ0n) is 7.11. The first kappa shape index (κ1) is 8.72. The van der Waals surface area contributed by atoms with E-state index in [-0.39, 0.29) is 0 Å². The van der Waals surface area contributed by atoms with Crippen LogP contribution in [-0.4, -0.2) is 14.7 Å². The molecule has 0 fully saturated rings. The molecule has 0 radical (unpaired) electrons. The Morgan fingerprint density at radius 1 is 1.62 bits per heavy atom. The van der Waals surface area contributed by atoms with Crippen LogP contribution < -0.4 is 0 Å². The molecule has 68 valence electrons. The summed E-state index contributed by atoms with van der Waals surface area (Å²) in [4.78, 5) is 0. The highest BCUT2D eigenvalue weighted by Gasteiger charge is 2.08. The molecule has 0 aromatic carbocycles. The third-order valence-corrected chi connectivity index (χ3v) is 2.46. The molecule has 0 aliphatic rings. The quantitative estimate of drug-likeness (QED) is 0.830. The van der Waals surface area contributed by atoms with Crippen LogP contribution in [0.3, 0.4) is 0 Å². The molecule has 0 saturated carbocycles. The van der Waals surface area contributed by atoms with Crippen LogP contribution >= 0.6 is 15.9 Å². The maximum absolute atomic E-state index is 9.43. The van der Waals surface area contributed by atoms with Gasteiger partial charge in [0.1, 0.15) is 0 Å². The Morgan fingerprint density at radius 2 is 2.38 bits per heavy atom. The van der Waals surface area contributed by atoms with E-state index in [2.05, 4.69) is 21.0 Å². The summed E-state index contributed by atoms with van der Waals surface area (Å²) in [6.45, 7) is 1.73. The molecule has 0 spiro atoms. The summed E-state index contributed by atoms with van der Waals surface area (Å²) in [5.74, 6) is 0. The zero-order chi connectivity index (χ0) is 9.42. The smallest absolute Gasteiger partial charge is 0.0798 e. The standard InChI is InChI=1S/C9H9BrN2O/c1-6(13)8-5-11-12-3-2-7(10)4-9(8)12/h2-6,13H,1H3. The summed E-state index contributed by atoms with van der Waals surface area (Å²) >= 11 is 3.38. The van der Waals surface area contributed by atoms with Gasteiger partial charge in [0, 0.05) is 16.2 Å². The van der Waals surface area contributed by atoms with Gasteiger partial charge in [0.15, 0.2) is 0 Å². The number of aliphatic hydroxyl groups is 1.